The smallest absolute Gasteiger partial charge is 0.256 e. The van der Waals surface area contributed by atoms with Crippen LogP contribution in [0.1, 0.15) is 32.8 Å². The van der Waals surface area contributed by atoms with E-state index in [4.69, 9.17) is 9.47 Å². The maximum atomic E-state index is 12.2. The molecular weight excluding hydrogens is 242 g/mol. The zero-order valence-corrected chi connectivity index (χ0v) is 12.4. The Morgan fingerprint density at radius 3 is 2.53 bits per heavy atom. The summed E-state index contributed by atoms with van der Waals surface area (Å²) in [7, 11) is 1.55. The first-order valence-corrected chi connectivity index (χ1v) is 6.57. The number of hydrogen-bond donors (Lipinski definition) is 1. The molecule has 106 valence electrons. The summed E-state index contributed by atoms with van der Waals surface area (Å²) >= 11 is 0. The number of carbonyl (C=O) groups excluding carboxylic acids is 1. The van der Waals surface area contributed by atoms with Crippen LogP contribution < -0.4 is 10.1 Å². The number of amides is 1. The van der Waals surface area contributed by atoms with Crippen LogP contribution in [0.3, 0.4) is 0 Å². The molecule has 1 atom stereocenters. The van der Waals surface area contributed by atoms with Crippen LogP contribution >= 0.6 is 0 Å². The second-order valence-corrected chi connectivity index (χ2v) is 4.66. The first-order chi connectivity index (χ1) is 8.96. The summed E-state index contributed by atoms with van der Waals surface area (Å²) in [6.07, 6.45) is 0.616. The van der Waals surface area contributed by atoms with E-state index in [2.05, 4.69) is 5.32 Å². The third kappa shape index (κ3) is 3.70. The molecule has 1 amide bonds. The van der Waals surface area contributed by atoms with Gasteiger partial charge in [-0.25, -0.2) is 0 Å². The van der Waals surface area contributed by atoms with E-state index in [0.717, 1.165) is 17.0 Å². The first kappa shape index (κ1) is 15.5. The number of nitrogens with one attached hydrogen (secondary N) is 1. The highest BCUT2D eigenvalue weighted by atomic mass is 16.5. The van der Waals surface area contributed by atoms with Crippen LogP contribution in [0.4, 0.5) is 5.69 Å². The predicted molar refractivity (Wildman–Crippen MR) is 76.7 cm³/mol. The van der Waals surface area contributed by atoms with Crippen LogP contribution in [0.15, 0.2) is 18.2 Å². The molecule has 0 heterocycles. The van der Waals surface area contributed by atoms with Crippen LogP contribution in [0, 0.1) is 6.92 Å². The lowest BCUT2D eigenvalue weighted by atomic mass is 10.0. The Labute approximate surface area is 115 Å². The van der Waals surface area contributed by atoms with Crippen molar-refractivity contribution in [3.8, 4) is 5.75 Å². The van der Waals surface area contributed by atoms with Crippen molar-refractivity contribution in [2.24, 2.45) is 0 Å². The number of hydrogen-bond acceptors (Lipinski definition) is 3. The second-order valence-electron chi connectivity index (χ2n) is 4.66. The maximum absolute atomic E-state index is 12.2. The highest BCUT2D eigenvalue weighted by molar-refractivity contribution is 5.97. The molecule has 1 aromatic rings. The Balaban J connectivity index is 2.83. The van der Waals surface area contributed by atoms with Gasteiger partial charge in [0.15, 0.2) is 0 Å². The Bertz CT molecular complexity index is 439. The van der Waals surface area contributed by atoms with Gasteiger partial charge in [0.1, 0.15) is 11.4 Å². The summed E-state index contributed by atoms with van der Waals surface area (Å²) in [5, 5.41) is 2.88. The van der Waals surface area contributed by atoms with E-state index in [1.807, 2.05) is 39.0 Å². The fourth-order valence-corrected chi connectivity index (χ4v) is 1.71. The van der Waals surface area contributed by atoms with Gasteiger partial charge in [-0.05, 0) is 51.0 Å². The molecule has 0 bridgehead atoms. The van der Waals surface area contributed by atoms with Crippen molar-refractivity contribution >= 4 is 11.6 Å². The molecule has 0 spiro atoms. The molecule has 0 aliphatic heterocycles. The largest absolute Gasteiger partial charge is 0.494 e. The highest BCUT2D eigenvalue weighted by Gasteiger charge is 2.30. The van der Waals surface area contributed by atoms with E-state index in [9.17, 15) is 4.79 Å². The maximum Gasteiger partial charge on any atom is 0.256 e. The van der Waals surface area contributed by atoms with Crippen molar-refractivity contribution in [1.29, 1.82) is 0 Å². The lowest BCUT2D eigenvalue weighted by Crippen LogP contribution is -2.41. The zero-order chi connectivity index (χ0) is 14.5. The van der Waals surface area contributed by atoms with E-state index in [1.165, 1.54) is 0 Å². The number of methoxy groups -OCH3 is 1. The zero-order valence-electron chi connectivity index (χ0n) is 12.4. The lowest BCUT2D eigenvalue weighted by Gasteiger charge is -2.25. The highest BCUT2D eigenvalue weighted by Crippen LogP contribution is 2.23. The Morgan fingerprint density at radius 1 is 1.37 bits per heavy atom. The van der Waals surface area contributed by atoms with Gasteiger partial charge in [-0.15, -0.1) is 0 Å². The summed E-state index contributed by atoms with van der Waals surface area (Å²) < 4.78 is 10.7. The summed E-state index contributed by atoms with van der Waals surface area (Å²) in [4.78, 5) is 12.2. The van der Waals surface area contributed by atoms with Crippen molar-refractivity contribution in [3.63, 3.8) is 0 Å². The number of anilines is 1. The van der Waals surface area contributed by atoms with Crippen molar-refractivity contribution in [3.05, 3.63) is 23.8 Å². The second kappa shape index (κ2) is 6.57. The molecule has 0 unspecified atom stereocenters. The molecule has 0 saturated heterocycles. The average Bonchev–Trinajstić information content (AvgIpc) is 2.41. The minimum absolute atomic E-state index is 0.138. The van der Waals surface area contributed by atoms with Gasteiger partial charge in [-0.1, -0.05) is 6.92 Å². The van der Waals surface area contributed by atoms with Crippen LogP contribution in [-0.2, 0) is 9.53 Å². The van der Waals surface area contributed by atoms with E-state index in [-0.39, 0.29) is 5.91 Å². The molecule has 4 heteroatoms. The quantitative estimate of drug-likeness (QED) is 0.859. The van der Waals surface area contributed by atoms with E-state index in [1.54, 1.807) is 14.0 Å². The van der Waals surface area contributed by atoms with Gasteiger partial charge in [-0.2, -0.15) is 0 Å². The molecule has 4 nitrogen and oxygen atoms in total. The summed E-state index contributed by atoms with van der Waals surface area (Å²) in [5.41, 5.74) is 0.949. The van der Waals surface area contributed by atoms with Gasteiger partial charge >= 0.3 is 0 Å². The normalized spacial score (nSPS) is 13.7. The molecule has 0 radical (unpaired) electrons. The number of rotatable bonds is 6. The van der Waals surface area contributed by atoms with Gasteiger partial charge in [0.25, 0.3) is 5.91 Å². The number of aryl methyl sites for hydroxylation is 1. The third-order valence-electron chi connectivity index (χ3n) is 3.34. The summed E-state index contributed by atoms with van der Waals surface area (Å²) in [5.74, 6) is 0.701. The first-order valence-electron chi connectivity index (χ1n) is 6.57. The van der Waals surface area contributed by atoms with E-state index < -0.39 is 5.60 Å². The number of benzene rings is 1. The van der Waals surface area contributed by atoms with Gasteiger partial charge in [-0.3, -0.25) is 4.79 Å². The monoisotopic (exact) mass is 265 g/mol. The van der Waals surface area contributed by atoms with E-state index in [0.29, 0.717) is 13.0 Å². The SMILES string of the molecule is CCOc1ccc(NC(=O)[C@](C)(CC)OC)cc1C. The topological polar surface area (TPSA) is 47.6 Å². The Hall–Kier alpha value is -1.55. The van der Waals surface area contributed by atoms with Crippen molar-refractivity contribution in [2.75, 3.05) is 19.0 Å². The molecule has 0 aliphatic rings. The summed E-state index contributed by atoms with van der Waals surface area (Å²) in [6.45, 7) is 8.23. The van der Waals surface area contributed by atoms with Gasteiger partial charge in [0.2, 0.25) is 0 Å². The molecule has 1 aromatic carbocycles. The van der Waals surface area contributed by atoms with Crippen molar-refractivity contribution in [2.45, 2.75) is 39.7 Å². The molecule has 0 aliphatic carbocycles. The predicted octanol–water partition coefficient (Wildman–Crippen LogP) is 3.15. The minimum Gasteiger partial charge on any atom is -0.494 e. The van der Waals surface area contributed by atoms with Crippen LogP contribution in [0.2, 0.25) is 0 Å². The molecule has 0 saturated carbocycles. The number of ether oxygens (including phenoxy) is 2. The lowest BCUT2D eigenvalue weighted by molar-refractivity contribution is -0.136. The Morgan fingerprint density at radius 2 is 2.05 bits per heavy atom. The van der Waals surface area contributed by atoms with Crippen LogP contribution in [0.5, 0.6) is 5.75 Å². The molecular formula is C15H23NO3. The molecule has 1 rings (SSSR count). The average molecular weight is 265 g/mol. The van der Waals surface area contributed by atoms with E-state index >= 15 is 0 Å². The van der Waals surface area contributed by atoms with Crippen molar-refractivity contribution < 1.29 is 14.3 Å². The van der Waals surface area contributed by atoms with Crippen LogP contribution in [0.25, 0.3) is 0 Å². The van der Waals surface area contributed by atoms with Gasteiger partial charge in [0, 0.05) is 12.8 Å². The fourth-order valence-electron chi connectivity index (χ4n) is 1.71. The molecule has 0 fully saturated rings. The molecule has 0 aromatic heterocycles. The standard InChI is InChI=1S/C15H23NO3/c1-6-15(4,18-5)14(17)16-12-8-9-13(19-7-2)11(3)10-12/h8-10H,6-7H2,1-5H3,(H,16,17)/t15-/m0/s1. The minimum atomic E-state index is -0.799. The van der Waals surface area contributed by atoms with Gasteiger partial charge < -0.3 is 14.8 Å². The van der Waals surface area contributed by atoms with Crippen LogP contribution in [-0.4, -0.2) is 25.2 Å². The summed E-state index contributed by atoms with van der Waals surface area (Å²) in [6, 6.07) is 5.60. The molecule has 1 N–H and O–H groups in total. The van der Waals surface area contributed by atoms with Crippen molar-refractivity contribution in [1.82, 2.24) is 0 Å². The fraction of sp³-hybridized carbons (Fsp3) is 0.533. The number of carbonyl (C=O) groups is 1. The third-order valence-corrected chi connectivity index (χ3v) is 3.34. The molecule has 19 heavy (non-hydrogen) atoms. The Kier molecular flexibility index (Phi) is 5.36. The van der Waals surface area contributed by atoms with Gasteiger partial charge in [0.05, 0.1) is 6.61 Å².